The molecule has 0 aromatic carbocycles. The number of aliphatic hydroxyl groups is 1. The fourth-order valence-corrected chi connectivity index (χ4v) is 2.79. The maximum absolute atomic E-state index is 9.08. The molecule has 1 aliphatic carbocycles. The summed E-state index contributed by atoms with van der Waals surface area (Å²) < 4.78 is 0. The summed E-state index contributed by atoms with van der Waals surface area (Å²) in [5.74, 6) is 1.34. The van der Waals surface area contributed by atoms with Gasteiger partial charge in [0.15, 0.2) is 11.5 Å². The smallest absolute Gasteiger partial charge is 0.182 e. The van der Waals surface area contributed by atoms with Crippen molar-refractivity contribution in [3.63, 3.8) is 0 Å². The van der Waals surface area contributed by atoms with Crippen LogP contribution in [0.15, 0.2) is 12.7 Å². The Balaban J connectivity index is 1.81. The Labute approximate surface area is 105 Å². The second kappa shape index (κ2) is 4.89. The van der Waals surface area contributed by atoms with Gasteiger partial charge in [0.05, 0.1) is 6.33 Å². The molecular weight excluding hydrogens is 230 g/mol. The Kier molecular flexibility index (Phi) is 3.10. The second-order valence-electron chi connectivity index (χ2n) is 4.78. The number of imidazole rings is 1. The summed E-state index contributed by atoms with van der Waals surface area (Å²) >= 11 is 0. The van der Waals surface area contributed by atoms with Crippen LogP contribution in [-0.2, 0) is 0 Å². The van der Waals surface area contributed by atoms with E-state index in [0.717, 1.165) is 24.2 Å². The van der Waals surface area contributed by atoms with E-state index in [9.17, 15) is 0 Å². The molecule has 0 spiro atoms. The first-order valence-corrected chi connectivity index (χ1v) is 6.40. The molecule has 0 aliphatic heterocycles. The van der Waals surface area contributed by atoms with E-state index in [1.165, 1.54) is 19.2 Å². The molecule has 2 unspecified atom stereocenters. The number of aromatic amines is 1. The molecule has 2 aromatic rings. The number of aliphatic hydroxyl groups excluding tert-OH is 1. The third-order valence-corrected chi connectivity index (χ3v) is 3.70. The number of fused-ring (bicyclic) bond motifs is 1. The van der Waals surface area contributed by atoms with E-state index >= 15 is 0 Å². The molecule has 1 fully saturated rings. The number of nitrogens with one attached hydrogen (secondary N) is 2. The summed E-state index contributed by atoms with van der Waals surface area (Å²) in [4.78, 5) is 15.6. The first-order chi connectivity index (χ1) is 8.88. The van der Waals surface area contributed by atoms with Gasteiger partial charge in [0.2, 0.25) is 0 Å². The van der Waals surface area contributed by atoms with Gasteiger partial charge in [0.1, 0.15) is 11.8 Å². The van der Waals surface area contributed by atoms with E-state index in [0.29, 0.717) is 17.6 Å². The topological polar surface area (TPSA) is 86.7 Å². The Morgan fingerprint density at radius 3 is 3.17 bits per heavy atom. The molecule has 1 aliphatic rings. The van der Waals surface area contributed by atoms with Crippen LogP contribution in [0.2, 0.25) is 0 Å². The van der Waals surface area contributed by atoms with Gasteiger partial charge in [0.25, 0.3) is 0 Å². The Bertz CT molecular complexity index is 526. The average Bonchev–Trinajstić information content (AvgIpc) is 3.00. The lowest BCUT2D eigenvalue weighted by molar-refractivity contribution is 0.254. The van der Waals surface area contributed by atoms with Crippen molar-refractivity contribution < 1.29 is 5.11 Å². The van der Waals surface area contributed by atoms with E-state index in [1.807, 2.05) is 0 Å². The Morgan fingerprint density at radius 1 is 1.33 bits per heavy atom. The van der Waals surface area contributed by atoms with Crippen LogP contribution in [0.4, 0.5) is 5.82 Å². The van der Waals surface area contributed by atoms with Crippen molar-refractivity contribution in [2.45, 2.75) is 31.7 Å². The molecule has 96 valence electrons. The molecule has 18 heavy (non-hydrogen) atoms. The number of hydrogen-bond donors (Lipinski definition) is 3. The first-order valence-electron chi connectivity index (χ1n) is 6.40. The van der Waals surface area contributed by atoms with E-state index in [2.05, 4.69) is 25.3 Å². The highest BCUT2D eigenvalue weighted by atomic mass is 16.3. The zero-order valence-electron chi connectivity index (χ0n) is 10.1. The van der Waals surface area contributed by atoms with Crippen LogP contribution in [0.25, 0.3) is 11.2 Å². The summed E-state index contributed by atoms with van der Waals surface area (Å²) in [5.41, 5.74) is 1.54. The normalized spacial score (nSPS) is 23.6. The summed E-state index contributed by atoms with van der Waals surface area (Å²) in [6.07, 6.45) is 7.53. The number of anilines is 1. The molecule has 2 aromatic heterocycles. The lowest BCUT2D eigenvalue weighted by Crippen LogP contribution is -2.25. The molecule has 0 saturated heterocycles. The summed E-state index contributed by atoms with van der Waals surface area (Å²) in [5, 5.41) is 12.6. The minimum atomic E-state index is 0.256. The van der Waals surface area contributed by atoms with Crippen LogP contribution >= 0.6 is 0 Å². The van der Waals surface area contributed by atoms with Crippen molar-refractivity contribution in [1.82, 2.24) is 19.9 Å². The molecule has 0 bridgehead atoms. The van der Waals surface area contributed by atoms with Crippen molar-refractivity contribution in [2.75, 3.05) is 11.9 Å². The van der Waals surface area contributed by atoms with Gasteiger partial charge in [0, 0.05) is 12.6 Å². The molecular formula is C12H17N5O. The fourth-order valence-electron chi connectivity index (χ4n) is 2.79. The third-order valence-electron chi connectivity index (χ3n) is 3.70. The van der Waals surface area contributed by atoms with Crippen molar-refractivity contribution in [3.8, 4) is 0 Å². The van der Waals surface area contributed by atoms with Crippen molar-refractivity contribution in [1.29, 1.82) is 0 Å². The summed E-state index contributed by atoms with van der Waals surface area (Å²) in [6, 6.07) is 0.388. The number of nitrogens with zero attached hydrogens (tertiary/aromatic N) is 3. The van der Waals surface area contributed by atoms with Gasteiger partial charge < -0.3 is 15.4 Å². The molecule has 3 rings (SSSR count). The van der Waals surface area contributed by atoms with Gasteiger partial charge in [-0.2, -0.15) is 0 Å². The largest absolute Gasteiger partial charge is 0.396 e. The average molecular weight is 247 g/mol. The number of H-pyrrole nitrogens is 1. The summed E-state index contributed by atoms with van der Waals surface area (Å²) in [6.45, 7) is 0.256. The lowest BCUT2D eigenvalue weighted by atomic mass is 10.00. The number of rotatable bonds is 4. The van der Waals surface area contributed by atoms with Gasteiger partial charge in [-0.25, -0.2) is 15.0 Å². The molecule has 1 saturated carbocycles. The zero-order chi connectivity index (χ0) is 12.4. The second-order valence-corrected chi connectivity index (χ2v) is 4.78. The molecule has 6 nitrogen and oxygen atoms in total. The van der Waals surface area contributed by atoms with Crippen molar-refractivity contribution >= 4 is 17.0 Å². The van der Waals surface area contributed by atoms with Gasteiger partial charge in [-0.05, 0) is 25.2 Å². The van der Waals surface area contributed by atoms with E-state index < -0.39 is 0 Å². The lowest BCUT2D eigenvalue weighted by Gasteiger charge is -2.20. The first kappa shape index (κ1) is 11.4. The predicted molar refractivity (Wildman–Crippen MR) is 68.1 cm³/mol. The molecule has 0 radical (unpaired) electrons. The van der Waals surface area contributed by atoms with Crippen LogP contribution in [0.5, 0.6) is 0 Å². The highest BCUT2D eigenvalue weighted by molar-refractivity contribution is 5.82. The number of hydrogen-bond acceptors (Lipinski definition) is 5. The van der Waals surface area contributed by atoms with Crippen molar-refractivity contribution in [3.05, 3.63) is 12.7 Å². The molecule has 2 heterocycles. The molecule has 2 atom stereocenters. The van der Waals surface area contributed by atoms with Gasteiger partial charge in [-0.15, -0.1) is 0 Å². The van der Waals surface area contributed by atoms with Crippen LogP contribution in [-0.4, -0.2) is 37.7 Å². The molecule has 6 heteroatoms. The molecule has 0 amide bonds. The molecule has 3 N–H and O–H groups in total. The fraction of sp³-hybridized carbons (Fsp3) is 0.583. The zero-order valence-corrected chi connectivity index (χ0v) is 10.1. The van der Waals surface area contributed by atoms with Crippen LogP contribution in [0, 0.1) is 5.92 Å². The van der Waals surface area contributed by atoms with Crippen LogP contribution in [0.3, 0.4) is 0 Å². The minimum absolute atomic E-state index is 0.256. The summed E-state index contributed by atoms with van der Waals surface area (Å²) in [7, 11) is 0. The monoisotopic (exact) mass is 247 g/mol. The van der Waals surface area contributed by atoms with Crippen LogP contribution < -0.4 is 5.32 Å². The Hall–Kier alpha value is -1.69. The maximum Gasteiger partial charge on any atom is 0.182 e. The minimum Gasteiger partial charge on any atom is -0.396 e. The quantitative estimate of drug-likeness (QED) is 0.758. The SMILES string of the molecule is OCCC1CCCC1Nc1ncnc2nc[nH]c12. The van der Waals surface area contributed by atoms with E-state index in [1.54, 1.807) is 6.33 Å². The van der Waals surface area contributed by atoms with E-state index in [4.69, 9.17) is 5.11 Å². The highest BCUT2D eigenvalue weighted by Gasteiger charge is 2.27. The van der Waals surface area contributed by atoms with Gasteiger partial charge in [-0.1, -0.05) is 6.42 Å². The van der Waals surface area contributed by atoms with E-state index in [-0.39, 0.29) is 6.61 Å². The third kappa shape index (κ3) is 2.03. The van der Waals surface area contributed by atoms with Crippen LogP contribution in [0.1, 0.15) is 25.7 Å². The maximum atomic E-state index is 9.08. The standard InChI is InChI=1S/C12H17N5O/c18-5-4-8-2-1-3-9(8)17-12-10-11(14-6-13-10)15-7-16-12/h6-9,18H,1-5H2,(H2,13,14,15,16,17). The van der Waals surface area contributed by atoms with Crippen molar-refractivity contribution in [2.24, 2.45) is 5.92 Å². The predicted octanol–water partition coefficient (Wildman–Crippen LogP) is 1.32. The Morgan fingerprint density at radius 2 is 2.28 bits per heavy atom. The number of aromatic nitrogens is 4. The highest BCUT2D eigenvalue weighted by Crippen LogP contribution is 2.31. The van der Waals surface area contributed by atoms with Gasteiger partial charge >= 0.3 is 0 Å². The van der Waals surface area contributed by atoms with Gasteiger partial charge in [-0.3, -0.25) is 0 Å².